The highest BCUT2D eigenvalue weighted by Gasteiger charge is 2.06. The third kappa shape index (κ3) is 5.27. The molecule has 1 unspecified atom stereocenters. The van der Waals surface area contributed by atoms with Crippen molar-refractivity contribution in [3.63, 3.8) is 0 Å². The zero-order valence-electron chi connectivity index (χ0n) is 8.59. The lowest BCUT2D eigenvalue weighted by Crippen LogP contribution is -2.01. The minimum absolute atomic E-state index is 0.0186. The van der Waals surface area contributed by atoms with E-state index in [1.54, 1.807) is 0 Å². The Hall–Kier alpha value is -1.67. The van der Waals surface area contributed by atoms with Gasteiger partial charge >= 0.3 is 11.9 Å². The van der Waals surface area contributed by atoms with Crippen LogP contribution in [-0.4, -0.2) is 28.3 Å². The summed E-state index contributed by atoms with van der Waals surface area (Å²) in [5.41, 5.74) is -0.0372. The molecule has 0 saturated heterocycles. The maximum atomic E-state index is 10.4. The van der Waals surface area contributed by atoms with E-state index in [1.165, 1.54) is 18.2 Å². The summed E-state index contributed by atoms with van der Waals surface area (Å²) in [5.74, 6) is -2.25. The third-order valence-electron chi connectivity index (χ3n) is 1.52. The molecule has 0 radical (unpaired) electrons. The Bertz CT molecular complexity index is 358. The van der Waals surface area contributed by atoms with E-state index in [9.17, 15) is 9.59 Å². The van der Waals surface area contributed by atoms with Crippen LogP contribution in [0.5, 0.6) is 0 Å². The molecule has 0 aliphatic carbocycles. The van der Waals surface area contributed by atoms with Gasteiger partial charge in [-0.1, -0.05) is 12.1 Å². The number of carboxylic acid groups (broad SMARTS) is 2. The van der Waals surface area contributed by atoms with Gasteiger partial charge in [-0.05, 0) is 24.4 Å². The molecule has 0 saturated carbocycles. The summed E-state index contributed by atoms with van der Waals surface area (Å²) in [6.45, 7) is 3.46. The topological polar surface area (TPSA) is 74.6 Å². The average Bonchev–Trinajstić information content (AvgIpc) is 2.29. The number of hydrogen-bond donors (Lipinski definition) is 2. The Kier molecular flexibility index (Phi) is 6.81. The van der Waals surface area contributed by atoms with Gasteiger partial charge in [-0.2, -0.15) is 0 Å². The number of hydrogen-bond acceptors (Lipinski definition) is 2. The second-order valence-corrected chi connectivity index (χ2v) is 3.19. The number of carboxylic acids is 2. The van der Waals surface area contributed by atoms with E-state index in [-0.39, 0.29) is 11.1 Å². The molecule has 1 atom stereocenters. The van der Waals surface area contributed by atoms with Crippen molar-refractivity contribution in [1.29, 1.82) is 0 Å². The maximum absolute atomic E-state index is 10.4. The summed E-state index contributed by atoms with van der Waals surface area (Å²) in [6.07, 6.45) is 2.84. The molecule has 4 nitrogen and oxygen atoms in total. The number of rotatable bonds is 3. The molecule has 0 spiro atoms. The van der Waals surface area contributed by atoms with Crippen molar-refractivity contribution < 1.29 is 19.8 Å². The van der Waals surface area contributed by atoms with Crippen LogP contribution in [-0.2, 0) is 0 Å². The average molecular weight is 240 g/mol. The lowest BCUT2D eigenvalue weighted by Gasteiger charge is -1.95. The van der Waals surface area contributed by atoms with E-state index in [1.807, 2.05) is 6.08 Å². The Balaban J connectivity index is 0.000000487. The predicted molar refractivity (Wildman–Crippen MR) is 65.1 cm³/mol. The molecule has 5 heteroatoms. The monoisotopic (exact) mass is 240 g/mol. The van der Waals surface area contributed by atoms with Crippen LogP contribution in [0.25, 0.3) is 0 Å². The van der Waals surface area contributed by atoms with Gasteiger partial charge in [-0.15, -0.1) is 15.8 Å². The molecular formula is C11H13O4P. The maximum Gasteiger partial charge on any atom is 0.335 e. The van der Waals surface area contributed by atoms with E-state index in [2.05, 4.69) is 15.8 Å². The standard InChI is InChI=1S/C8H6O4.C3H7P/c9-7(10)5-2-1-3-6(4-5)8(11)12;1-2-3-4/h1-4H,(H,9,10)(H,11,12);2H,1,3-4H2. The van der Waals surface area contributed by atoms with Crippen molar-refractivity contribution in [2.45, 2.75) is 0 Å². The van der Waals surface area contributed by atoms with E-state index in [4.69, 9.17) is 10.2 Å². The molecule has 1 rings (SSSR count). The van der Waals surface area contributed by atoms with Gasteiger partial charge in [0.05, 0.1) is 11.1 Å². The SMILES string of the molecule is C=CCP.O=C(O)c1cccc(C(=O)O)c1. The fourth-order valence-electron chi connectivity index (χ4n) is 0.785. The molecule has 1 aromatic carbocycles. The van der Waals surface area contributed by atoms with Crippen molar-refractivity contribution in [2.24, 2.45) is 0 Å². The predicted octanol–water partition coefficient (Wildman–Crippen LogP) is 2.13. The van der Waals surface area contributed by atoms with Crippen LogP contribution in [0.4, 0.5) is 0 Å². The summed E-state index contributed by atoms with van der Waals surface area (Å²) in [4.78, 5) is 20.8. The Labute approximate surface area is 95.8 Å². The molecule has 0 heterocycles. The molecule has 1 aromatic rings. The number of carbonyl (C=O) groups is 2. The highest BCUT2D eigenvalue weighted by atomic mass is 31.0. The van der Waals surface area contributed by atoms with Crippen molar-refractivity contribution >= 4 is 21.2 Å². The Morgan fingerprint density at radius 2 is 1.62 bits per heavy atom. The van der Waals surface area contributed by atoms with E-state index in [0.717, 1.165) is 12.2 Å². The zero-order valence-corrected chi connectivity index (χ0v) is 9.74. The van der Waals surface area contributed by atoms with Crippen molar-refractivity contribution in [2.75, 3.05) is 6.16 Å². The van der Waals surface area contributed by atoms with Crippen LogP contribution in [0.3, 0.4) is 0 Å². The molecular weight excluding hydrogens is 227 g/mol. The van der Waals surface area contributed by atoms with Gasteiger partial charge in [0, 0.05) is 0 Å². The lowest BCUT2D eigenvalue weighted by atomic mass is 10.1. The molecule has 16 heavy (non-hydrogen) atoms. The second kappa shape index (κ2) is 7.60. The summed E-state index contributed by atoms with van der Waals surface area (Å²) in [6, 6.07) is 5.20. The summed E-state index contributed by atoms with van der Waals surface area (Å²) >= 11 is 0. The third-order valence-corrected chi connectivity index (χ3v) is 1.86. The first kappa shape index (κ1) is 14.3. The van der Waals surface area contributed by atoms with E-state index in [0.29, 0.717) is 0 Å². The van der Waals surface area contributed by atoms with Crippen molar-refractivity contribution in [3.05, 3.63) is 48.0 Å². The summed E-state index contributed by atoms with van der Waals surface area (Å²) in [7, 11) is 2.54. The number of allylic oxidation sites excluding steroid dienone is 1. The molecule has 0 bridgehead atoms. The first-order chi connectivity index (χ1) is 7.52. The fraction of sp³-hybridized carbons (Fsp3) is 0.0909. The summed E-state index contributed by atoms with van der Waals surface area (Å²) < 4.78 is 0. The highest BCUT2D eigenvalue weighted by molar-refractivity contribution is 7.16. The van der Waals surface area contributed by atoms with Gasteiger partial charge in [0.25, 0.3) is 0 Å². The van der Waals surface area contributed by atoms with E-state index >= 15 is 0 Å². The van der Waals surface area contributed by atoms with E-state index < -0.39 is 11.9 Å². The first-order valence-electron chi connectivity index (χ1n) is 4.40. The second-order valence-electron chi connectivity index (χ2n) is 2.72. The van der Waals surface area contributed by atoms with Gasteiger partial charge in [0.1, 0.15) is 0 Å². The number of aromatic carboxylic acids is 2. The van der Waals surface area contributed by atoms with Gasteiger partial charge in [-0.3, -0.25) is 0 Å². The minimum Gasteiger partial charge on any atom is -0.478 e. The van der Waals surface area contributed by atoms with Crippen LogP contribution in [0.1, 0.15) is 20.7 Å². The van der Waals surface area contributed by atoms with Gasteiger partial charge in [0.15, 0.2) is 0 Å². The quantitative estimate of drug-likeness (QED) is 0.627. The van der Waals surface area contributed by atoms with Gasteiger partial charge in [0.2, 0.25) is 0 Å². The molecule has 0 aromatic heterocycles. The lowest BCUT2D eigenvalue weighted by molar-refractivity contribution is 0.0696. The molecule has 0 fully saturated rings. The van der Waals surface area contributed by atoms with Crippen LogP contribution in [0, 0.1) is 0 Å². The first-order valence-corrected chi connectivity index (χ1v) is 5.22. The normalized spacial score (nSPS) is 8.56. The van der Waals surface area contributed by atoms with Crippen LogP contribution in [0.2, 0.25) is 0 Å². The molecule has 0 amide bonds. The smallest absolute Gasteiger partial charge is 0.335 e. The summed E-state index contributed by atoms with van der Waals surface area (Å²) in [5, 5.41) is 17.0. The van der Waals surface area contributed by atoms with Crippen LogP contribution >= 0.6 is 9.24 Å². The van der Waals surface area contributed by atoms with Crippen molar-refractivity contribution in [1.82, 2.24) is 0 Å². The molecule has 2 N–H and O–H groups in total. The largest absolute Gasteiger partial charge is 0.478 e. The van der Waals surface area contributed by atoms with Gasteiger partial charge in [-0.25, -0.2) is 9.59 Å². The molecule has 0 aliphatic heterocycles. The zero-order chi connectivity index (χ0) is 12.6. The Morgan fingerprint density at radius 3 is 1.88 bits per heavy atom. The highest BCUT2D eigenvalue weighted by Crippen LogP contribution is 2.04. The van der Waals surface area contributed by atoms with Gasteiger partial charge < -0.3 is 10.2 Å². The molecule has 86 valence electrons. The van der Waals surface area contributed by atoms with Crippen LogP contribution < -0.4 is 0 Å². The Morgan fingerprint density at radius 1 is 1.25 bits per heavy atom. The van der Waals surface area contributed by atoms with Crippen LogP contribution in [0.15, 0.2) is 36.9 Å². The molecule has 0 aliphatic rings. The number of benzene rings is 1. The minimum atomic E-state index is -1.13. The van der Waals surface area contributed by atoms with Crippen molar-refractivity contribution in [3.8, 4) is 0 Å². The fourth-order valence-corrected chi connectivity index (χ4v) is 0.785.